The third kappa shape index (κ3) is 4.84. The molecule has 0 fully saturated rings. The summed E-state index contributed by atoms with van der Waals surface area (Å²) < 4.78 is 0. The number of nitrogens with one attached hydrogen (secondary N) is 2. The molecule has 1 aromatic heterocycles. The van der Waals surface area contributed by atoms with Crippen molar-refractivity contribution in [1.82, 2.24) is 9.88 Å². The van der Waals surface area contributed by atoms with Crippen LogP contribution in [0.4, 0.5) is 5.69 Å². The van der Waals surface area contributed by atoms with Crippen molar-refractivity contribution in [2.45, 2.75) is 31.6 Å². The van der Waals surface area contributed by atoms with Crippen LogP contribution < -0.4 is 10.5 Å². The van der Waals surface area contributed by atoms with Crippen molar-refractivity contribution in [2.75, 3.05) is 26.0 Å². The predicted octanol–water partition coefficient (Wildman–Crippen LogP) is 1.93. The van der Waals surface area contributed by atoms with Crippen LogP contribution in [-0.4, -0.2) is 47.4 Å². The summed E-state index contributed by atoms with van der Waals surface area (Å²) in [6, 6.07) is 5.79. The molecule has 2 heterocycles. The number of benzene rings is 1. The molecular weight excluding hydrogens is 376 g/mol. The van der Waals surface area contributed by atoms with Crippen LogP contribution in [0.5, 0.6) is 0 Å². The minimum Gasteiger partial charge on any atom is -0.412 e. The smallest absolute Gasteiger partial charge is 0.256 e. The topological polar surface area (TPSA) is 137 Å². The maximum atomic E-state index is 12.4. The number of amides is 1. The Hall–Kier alpha value is -2.10. The second-order valence-corrected chi connectivity index (χ2v) is 7.72. The summed E-state index contributed by atoms with van der Waals surface area (Å²) in [5, 5.41) is 8.60. The summed E-state index contributed by atoms with van der Waals surface area (Å²) in [6.07, 6.45) is 4.11. The van der Waals surface area contributed by atoms with Gasteiger partial charge in [-0.15, -0.1) is 0 Å². The summed E-state index contributed by atoms with van der Waals surface area (Å²) in [5.74, 6) is -0.0695. The number of aryl methyl sites for hydroxylation is 1. The molecule has 3 rings (SSSR count). The molecule has 0 radical (unpaired) electrons. The van der Waals surface area contributed by atoms with Gasteiger partial charge in [0.15, 0.2) is 0 Å². The van der Waals surface area contributed by atoms with Gasteiger partial charge in [0.25, 0.3) is 5.91 Å². The fourth-order valence-corrected chi connectivity index (χ4v) is 3.77. The van der Waals surface area contributed by atoms with Crippen LogP contribution in [0.1, 0.15) is 34.5 Å². The number of carbonyl (C=O) groups is 1. The number of hydrogen-bond donors (Lipinski definition) is 3. The Morgan fingerprint density at radius 1 is 1.21 bits per heavy atom. The summed E-state index contributed by atoms with van der Waals surface area (Å²) in [5.41, 5.74) is 7.18. The van der Waals surface area contributed by atoms with Gasteiger partial charge >= 0.3 is 0 Å². The highest BCUT2D eigenvalue weighted by molar-refractivity contribution is 7.97. The quantitative estimate of drug-likeness (QED) is 0.498. The third-order valence-electron chi connectivity index (χ3n) is 4.86. The van der Waals surface area contributed by atoms with E-state index in [4.69, 9.17) is 5.14 Å². The molecule has 0 spiro atoms. The summed E-state index contributed by atoms with van der Waals surface area (Å²) in [7, 11) is 4.19. The van der Waals surface area contributed by atoms with E-state index in [1.54, 1.807) is 0 Å². The van der Waals surface area contributed by atoms with Crippen LogP contribution in [0.3, 0.4) is 0 Å². The molecule has 0 bridgehead atoms. The van der Waals surface area contributed by atoms with Crippen molar-refractivity contribution in [3.8, 4) is 0 Å². The zero-order valence-corrected chi connectivity index (χ0v) is 17.6. The highest BCUT2D eigenvalue weighted by Crippen LogP contribution is 2.36. The Balaban J connectivity index is 0.00000196. The molecule has 1 aliphatic heterocycles. The summed E-state index contributed by atoms with van der Waals surface area (Å²) >= 11 is 1.19. The Kier molecular flexibility index (Phi) is 8.47. The monoisotopic (exact) mass is 406 g/mol. The molecule has 8 N–H and O–H groups in total. The Morgan fingerprint density at radius 2 is 1.93 bits per heavy atom. The standard InChI is InChI=1S/C20H26N4OS.2H2O/c1-12-15(6-5-9-24(3)4)13(2)22-19(12)11-17-16-10-14(26-21)7-8-18(16)23-20(17)25;;/h7-8,10-11,22H,5-6,9,21H2,1-4H3,(H,23,25);2*1H2/b17-11-;;. The van der Waals surface area contributed by atoms with Crippen LogP contribution in [0, 0.1) is 13.8 Å². The molecule has 0 atom stereocenters. The molecule has 1 aromatic carbocycles. The lowest BCUT2D eigenvalue weighted by Crippen LogP contribution is -2.13. The zero-order valence-electron chi connectivity index (χ0n) is 16.8. The first kappa shape index (κ1) is 23.9. The molecule has 0 unspecified atom stereocenters. The number of rotatable bonds is 6. The Morgan fingerprint density at radius 3 is 2.57 bits per heavy atom. The van der Waals surface area contributed by atoms with Crippen LogP contribution >= 0.6 is 11.9 Å². The molecular formula is C20H30N4O3S. The van der Waals surface area contributed by atoms with Gasteiger partial charge in [0.05, 0.1) is 5.57 Å². The number of nitrogens with two attached hydrogens (primary N) is 1. The van der Waals surface area contributed by atoms with Gasteiger partial charge in [-0.05, 0) is 94.7 Å². The van der Waals surface area contributed by atoms with Crippen molar-refractivity contribution >= 4 is 35.2 Å². The van der Waals surface area contributed by atoms with Crippen LogP contribution in [-0.2, 0) is 11.2 Å². The molecule has 28 heavy (non-hydrogen) atoms. The van der Waals surface area contributed by atoms with Gasteiger partial charge in [0, 0.05) is 27.5 Å². The SMILES string of the molecule is Cc1[nH]c(/C=C2\C(=O)Nc3ccc(SN)cc32)c(C)c1CCCN(C)C.O.O. The van der Waals surface area contributed by atoms with Crippen molar-refractivity contribution in [2.24, 2.45) is 5.14 Å². The molecule has 2 aromatic rings. The third-order valence-corrected chi connectivity index (χ3v) is 5.39. The van der Waals surface area contributed by atoms with E-state index in [2.05, 4.69) is 43.1 Å². The molecule has 154 valence electrons. The average Bonchev–Trinajstić information content (AvgIpc) is 3.05. The van der Waals surface area contributed by atoms with Crippen molar-refractivity contribution in [1.29, 1.82) is 0 Å². The maximum absolute atomic E-state index is 12.4. The van der Waals surface area contributed by atoms with Crippen molar-refractivity contribution < 1.29 is 15.7 Å². The highest BCUT2D eigenvalue weighted by atomic mass is 32.2. The minimum atomic E-state index is -0.0695. The van der Waals surface area contributed by atoms with E-state index >= 15 is 0 Å². The number of nitrogens with zero attached hydrogens (tertiary/aromatic N) is 1. The fourth-order valence-electron chi connectivity index (χ4n) is 3.43. The summed E-state index contributed by atoms with van der Waals surface area (Å²) in [4.78, 5) is 19.0. The first-order valence-electron chi connectivity index (χ1n) is 8.77. The van der Waals surface area contributed by atoms with Crippen LogP contribution in [0.2, 0.25) is 0 Å². The predicted molar refractivity (Wildman–Crippen MR) is 117 cm³/mol. The van der Waals surface area contributed by atoms with E-state index in [0.29, 0.717) is 5.57 Å². The van der Waals surface area contributed by atoms with E-state index in [-0.39, 0.29) is 16.9 Å². The maximum Gasteiger partial charge on any atom is 0.256 e. The van der Waals surface area contributed by atoms with Gasteiger partial charge in [0.2, 0.25) is 0 Å². The van der Waals surface area contributed by atoms with Gasteiger partial charge in [0.1, 0.15) is 0 Å². The number of aromatic nitrogens is 1. The first-order valence-corrected chi connectivity index (χ1v) is 9.65. The molecule has 0 saturated carbocycles. The second kappa shape index (κ2) is 9.90. The number of anilines is 1. The van der Waals surface area contributed by atoms with Gasteiger partial charge in [-0.3, -0.25) is 9.93 Å². The molecule has 1 amide bonds. The van der Waals surface area contributed by atoms with E-state index in [9.17, 15) is 4.79 Å². The number of H-pyrrole nitrogens is 1. The number of aromatic amines is 1. The zero-order chi connectivity index (χ0) is 18.8. The lowest BCUT2D eigenvalue weighted by molar-refractivity contribution is -0.110. The average molecular weight is 407 g/mol. The van der Waals surface area contributed by atoms with Gasteiger partial charge in [-0.2, -0.15) is 0 Å². The molecule has 8 heteroatoms. The lowest BCUT2D eigenvalue weighted by Gasteiger charge is -2.09. The van der Waals surface area contributed by atoms with Gasteiger partial charge < -0.3 is 26.2 Å². The molecule has 0 saturated heterocycles. The van der Waals surface area contributed by atoms with Gasteiger partial charge in [-0.25, -0.2) is 0 Å². The molecule has 1 aliphatic rings. The van der Waals surface area contributed by atoms with Crippen LogP contribution in [0.25, 0.3) is 11.6 Å². The Labute approximate surface area is 170 Å². The second-order valence-electron chi connectivity index (χ2n) is 7.01. The molecule has 7 nitrogen and oxygen atoms in total. The minimum absolute atomic E-state index is 0. The number of carbonyl (C=O) groups excluding carboxylic acids is 1. The summed E-state index contributed by atoms with van der Waals surface area (Å²) in [6.45, 7) is 5.29. The van der Waals surface area contributed by atoms with E-state index < -0.39 is 0 Å². The van der Waals surface area contributed by atoms with E-state index in [0.717, 1.165) is 41.2 Å². The molecule has 0 aliphatic carbocycles. The fraction of sp³-hybridized carbons (Fsp3) is 0.350. The lowest BCUT2D eigenvalue weighted by atomic mass is 10.0. The number of hydrogen-bond acceptors (Lipinski definition) is 4. The van der Waals surface area contributed by atoms with E-state index in [1.165, 1.54) is 28.8 Å². The van der Waals surface area contributed by atoms with Crippen molar-refractivity contribution in [3.05, 3.63) is 46.3 Å². The Bertz CT molecular complexity index is 875. The highest BCUT2D eigenvalue weighted by Gasteiger charge is 2.25. The normalized spacial score (nSPS) is 13.9. The van der Waals surface area contributed by atoms with Crippen LogP contribution in [0.15, 0.2) is 23.1 Å². The van der Waals surface area contributed by atoms with Gasteiger partial charge in [-0.1, -0.05) is 0 Å². The first-order chi connectivity index (χ1) is 12.4. The van der Waals surface area contributed by atoms with Crippen molar-refractivity contribution in [3.63, 3.8) is 0 Å². The van der Waals surface area contributed by atoms with E-state index in [1.807, 2.05) is 24.3 Å². The number of fused-ring (bicyclic) bond motifs is 1. The largest absolute Gasteiger partial charge is 0.412 e.